The molecule has 0 bridgehead atoms. The van der Waals surface area contributed by atoms with Crippen LogP contribution >= 0.6 is 0 Å². The second-order valence-electron chi connectivity index (χ2n) is 6.54. The van der Waals surface area contributed by atoms with Crippen molar-refractivity contribution >= 4 is 17.5 Å². The van der Waals surface area contributed by atoms with Crippen LogP contribution in [0.3, 0.4) is 0 Å². The average Bonchev–Trinajstić information content (AvgIpc) is 3.45. The third-order valence-corrected chi connectivity index (χ3v) is 4.88. The maximum atomic E-state index is 13.0. The largest absolute Gasteiger partial charge is 0.339 e. The fourth-order valence-electron chi connectivity index (χ4n) is 3.19. The van der Waals surface area contributed by atoms with Gasteiger partial charge in [0.15, 0.2) is 0 Å². The van der Waals surface area contributed by atoms with Crippen LogP contribution in [0, 0.1) is 11.7 Å². The van der Waals surface area contributed by atoms with Gasteiger partial charge in [-0.2, -0.15) is 0 Å². The van der Waals surface area contributed by atoms with E-state index in [9.17, 15) is 14.0 Å². The molecule has 0 aliphatic heterocycles. The molecule has 1 aliphatic carbocycles. The van der Waals surface area contributed by atoms with Gasteiger partial charge in [0.1, 0.15) is 5.82 Å². The Morgan fingerprint density at radius 1 is 1.04 bits per heavy atom. The van der Waals surface area contributed by atoms with E-state index in [0.29, 0.717) is 24.3 Å². The van der Waals surface area contributed by atoms with Crippen LogP contribution in [0.2, 0.25) is 0 Å². The molecule has 2 aromatic carbocycles. The molecule has 2 atom stereocenters. The lowest BCUT2D eigenvalue weighted by atomic mass is 10.1. The molecule has 2 unspecified atom stereocenters. The van der Waals surface area contributed by atoms with Crippen molar-refractivity contribution in [1.82, 2.24) is 4.90 Å². The molecule has 26 heavy (non-hydrogen) atoms. The van der Waals surface area contributed by atoms with Crippen LogP contribution < -0.4 is 5.32 Å². The second-order valence-corrected chi connectivity index (χ2v) is 6.54. The van der Waals surface area contributed by atoms with E-state index in [1.807, 2.05) is 13.8 Å². The summed E-state index contributed by atoms with van der Waals surface area (Å²) in [6.07, 6.45) is 0.774. The number of carbonyl (C=O) groups excluding carboxylic acids is 2. The first-order chi connectivity index (χ1) is 12.5. The predicted molar refractivity (Wildman–Crippen MR) is 99.6 cm³/mol. The number of rotatable bonds is 6. The summed E-state index contributed by atoms with van der Waals surface area (Å²) in [5.74, 6) is -0.250. The van der Waals surface area contributed by atoms with Crippen LogP contribution in [0.1, 0.15) is 42.1 Å². The highest BCUT2D eigenvalue weighted by Crippen LogP contribution is 2.47. The molecule has 4 nitrogen and oxygen atoms in total. The molecule has 1 aliphatic rings. The van der Waals surface area contributed by atoms with E-state index >= 15 is 0 Å². The molecule has 0 spiro atoms. The van der Waals surface area contributed by atoms with Gasteiger partial charge < -0.3 is 10.2 Å². The number of hydrogen-bond acceptors (Lipinski definition) is 2. The van der Waals surface area contributed by atoms with Crippen LogP contribution in [-0.2, 0) is 4.79 Å². The third kappa shape index (κ3) is 3.93. The van der Waals surface area contributed by atoms with Gasteiger partial charge in [-0.1, -0.05) is 12.1 Å². The molecule has 2 amide bonds. The van der Waals surface area contributed by atoms with Crippen LogP contribution in [0.25, 0.3) is 0 Å². The van der Waals surface area contributed by atoms with Gasteiger partial charge in [0.25, 0.3) is 5.91 Å². The van der Waals surface area contributed by atoms with Crippen molar-refractivity contribution in [2.24, 2.45) is 5.92 Å². The predicted octanol–water partition coefficient (Wildman–Crippen LogP) is 4.05. The number of halogens is 1. The highest BCUT2D eigenvalue weighted by atomic mass is 19.1. The normalized spacial score (nSPS) is 18.3. The van der Waals surface area contributed by atoms with Crippen LogP contribution in [0.5, 0.6) is 0 Å². The minimum absolute atomic E-state index is 0.00792. The molecule has 0 aromatic heterocycles. The molecule has 1 saturated carbocycles. The molecular formula is C21H23FN2O2. The summed E-state index contributed by atoms with van der Waals surface area (Å²) < 4.78 is 13.0. The van der Waals surface area contributed by atoms with Gasteiger partial charge >= 0.3 is 0 Å². The molecule has 0 heterocycles. The summed E-state index contributed by atoms with van der Waals surface area (Å²) in [5, 5.41) is 2.90. The summed E-state index contributed by atoms with van der Waals surface area (Å²) in [7, 11) is 0. The summed E-state index contributed by atoms with van der Waals surface area (Å²) in [5.41, 5.74) is 2.28. The van der Waals surface area contributed by atoms with Gasteiger partial charge in [-0.25, -0.2) is 4.39 Å². The Morgan fingerprint density at radius 2 is 1.65 bits per heavy atom. The third-order valence-electron chi connectivity index (χ3n) is 4.88. The SMILES string of the molecule is CCN(CC)C(=O)c1ccc(NC(=O)C2CC2c2ccc(F)cc2)cc1. The number of carbonyl (C=O) groups is 2. The Bertz CT molecular complexity index is 783. The van der Waals surface area contributed by atoms with Crippen molar-refractivity contribution in [3.63, 3.8) is 0 Å². The molecule has 0 saturated heterocycles. The number of nitrogens with one attached hydrogen (secondary N) is 1. The first kappa shape index (κ1) is 18.1. The zero-order valence-corrected chi connectivity index (χ0v) is 15.0. The topological polar surface area (TPSA) is 49.4 Å². The number of hydrogen-bond donors (Lipinski definition) is 1. The number of benzene rings is 2. The summed E-state index contributed by atoms with van der Waals surface area (Å²) in [4.78, 5) is 26.4. The van der Waals surface area contributed by atoms with Gasteiger partial charge in [-0.3, -0.25) is 9.59 Å². The average molecular weight is 354 g/mol. The zero-order valence-electron chi connectivity index (χ0n) is 15.0. The zero-order chi connectivity index (χ0) is 18.7. The van der Waals surface area contributed by atoms with Crippen molar-refractivity contribution in [2.45, 2.75) is 26.2 Å². The van der Waals surface area contributed by atoms with E-state index in [-0.39, 0.29) is 29.5 Å². The Hall–Kier alpha value is -2.69. The van der Waals surface area contributed by atoms with Crippen LogP contribution in [0.4, 0.5) is 10.1 Å². The highest BCUT2D eigenvalue weighted by molar-refractivity contribution is 5.97. The lowest BCUT2D eigenvalue weighted by molar-refractivity contribution is -0.117. The summed E-state index contributed by atoms with van der Waals surface area (Å²) in [6, 6.07) is 13.3. The van der Waals surface area contributed by atoms with Crippen molar-refractivity contribution in [3.8, 4) is 0 Å². The van der Waals surface area contributed by atoms with E-state index in [2.05, 4.69) is 5.32 Å². The highest BCUT2D eigenvalue weighted by Gasteiger charge is 2.43. The first-order valence-corrected chi connectivity index (χ1v) is 8.99. The van der Waals surface area contributed by atoms with E-state index < -0.39 is 0 Å². The lowest BCUT2D eigenvalue weighted by Gasteiger charge is -2.18. The Balaban J connectivity index is 1.59. The van der Waals surface area contributed by atoms with E-state index in [1.165, 1.54) is 12.1 Å². The first-order valence-electron chi connectivity index (χ1n) is 8.99. The second kappa shape index (κ2) is 7.68. The molecule has 5 heteroatoms. The fourth-order valence-corrected chi connectivity index (χ4v) is 3.19. The Morgan fingerprint density at radius 3 is 2.23 bits per heavy atom. The summed E-state index contributed by atoms with van der Waals surface area (Å²) >= 11 is 0. The van der Waals surface area contributed by atoms with E-state index in [1.54, 1.807) is 41.3 Å². The van der Waals surface area contributed by atoms with Crippen LogP contribution in [0.15, 0.2) is 48.5 Å². The minimum atomic E-state index is -0.269. The maximum absolute atomic E-state index is 13.0. The Labute approximate surface area is 153 Å². The van der Waals surface area contributed by atoms with Crippen molar-refractivity contribution in [1.29, 1.82) is 0 Å². The number of amides is 2. The van der Waals surface area contributed by atoms with Crippen molar-refractivity contribution in [3.05, 3.63) is 65.5 Å². The monoisotopic (exact) mass is 354 g/mol. The molecular weight excluding hydrogens is 331 g/mol. The molecule has 0 radical (unpaired) electrons. The van der Waals surface area contributed by atoms with E-state index in [0.717, 1.165) is 12.0 Å². The molecule has 136 valence electrons. The summed E-state index contributed by atoms with van der Waals surface area (Å²) in [6.45, 7) is 5.23. The van der Waals surface area contributed by atoms with Crippen molar-refractivity contribution in [2.75, 3.05) is 18.4 Å². The molecule has 3 rings (SSSR count). The quantitative estimate of drug-likeness (QED) is 0.851. The van der Waals surface area contributed by atoms with E-state index in [4.69, 9.17) is 0 Å². The number of nitrogens with zero attached hydrogens (tertiary/aromatic N) is 1. The van der Waals surface area contributed by atoms with Gasteiger partial charge in [0, 0.05) is 30.3 Å². The molecule has 1 fully saturated rings. The van der Waals surface area contributed by atoms with Gasteiger partial charge in [-0.05, 0) is 68.1 Å². The van der Waals surface area contributed by atoms with Gasteiger partial charge in [0.05, 0.1) is 0 Å². The lowest BCUT2D eigenvalue weighted by Crippen LogP contribution is -2.30. The van der Waals surface area contributed by atoms with Crippen LogP contribution in [-0.4, -0.2) is 29.8 Å². The smallest absolute Gasteiger partial charge is 0.253 e. The maximum Gasteiger partial charge on any atom is 0.253 e. The fraction of sp³-hybridized carbons (Fsp3) is 0.333. The van der Waals surface area contributed by atoms with Crippen molar-refractivity contribution < 1.29 is 14.0 Å². The Kier molecular flexibility index (Phi) is 5.35. The van der Waals surface area contributed by atoms with Gasteiger partial charge in [0.2, 0.25) is 5.91 Å². The molecule has 2 aromatic rings. The standard InChI is InChI=1S/C21H23FN2O2/c1-3-24(4-2)21(26)15-7-11-17(12-8-15)23-20(25)19-13-18(19)14-5-9-16(22)10-6-14/h5-12,18-19H,3-4,13H2,1-2H3,(H,23,25). The minimum Gasteiger partial charge on any atom is -0.339 e. The number of anilines is 1. The molecule has 1 N–H and O–H groups in total. The van der Waals surface area contributed by atoms with Gasteiger partial charge in [-0.15, -0.1) is 0 Å².